The maximum absolute atomic E-state index is 8.62. The number of aliphatic hydroxyl groups excluding tert-OH is 2. The van der Waals surface area contributed by atoms with Gasteiger partial charge in [0.15, 0.2) is 0 Å². The van der Waals surface area contributed by atoms with Crippen molar-refractivity contribution < 1.29 is 10.2 Å². The molecule has 0 radical (unpaired) electrons. The predicted molar refractivity (Wildman–Crippen MR) is 51.2 cm³/mol. The lowest BCUT2D eigenvalue weighted by molar-refractivity contribution is 0.337. The average molecular weight is 176 g/mol. The van der Waals surface area contributed by atoms with Gasteiger partial charge in [-0.15, -0.1) is 0 Å². The lowest BCUT2D eigenvalue weighted by Crippen LogP contribution is -1.89. The lowest BCUT2D eigenvalue weighted by Gasteiger charge is -2.01. The van der Waals surface area contributed by atoms with Gasteiger partial charge in [0.2, 0.25) is 0 Å². The van der Waals surface area contributed by atoms with Crippen molar-refractivity contribution >= 4 is 13.3 Å². The molecule has 0 heterocycles. The summed E-state index contributed by atoms with van der Waals surface area (Å²) in [6, 6.07) is 0. The average Bonchev–Trinajstić information content (AvgIpc) is 2.01. The van der Waals surface area contributed by atoms with Crippen molar-refractivity contribution in [2.24, 2.45) is 0 Å². The van der Waals surface area contributed by atoms with Crippen molar-refractivity contribution in [3.8, 4) is 0 Å². The van der Waals surface area contributed by atoms with Crippen LogP contribution in [0, 0.1) is 6.16 Å². The second-order valence-electron chi connectivity index (χ2n) is 2.32. The summed E-state index contributed by atoms with van der Waals surface area (Å²) in [5.74, 6) is 1.89. The van der Waals surface area contributed by atoms with Gasteiger partial charge in [-0.3, -0.25) is 0 Å². The van der Waals surface area contributed by atoms with Gasteiger partial charge >= 0.3 is 0 Å². The van der Waals surface area contributed by atoms with E-state index in [1.807, 2.05) is 12.0 Å². The molecule has 0 spiro atoms. The van der Waals surface area contributed by atoms with Crippen LogP contribution in [0.5, 0.6) is 0 Å². The van der Waals surface area contributed by atoms with Crippen molar-refractivity contribution in [3.63, 3.8) is 0 Å². The van der Waals surface area contributed by atoms with Gasteiger partial charge in [-0.1, -0.05) is 27.1 Å². The second-order valence-corrected chi connectivity index (χ2v) is 4.53. The predicted octanol–water partition coefficient (Wildman–Crippen LogP) is 1.22. The van der Waals surface area contributed by atoms with Crippen LogP contribution in [-0.2, 0) is 0 Å². The summed E-state index contributed by atoms with van der Waals surface area (Å²) < 4.78 is 0. The molecule has 2 N–H and O–H groups in total. The zero-order chi connectivity index (χ0) is 8.53. The summed E-state index contributed by atoms with van der Waals surface area (Å²) in [4.78, 5) is 0. The first kappa shape index (κ1) is 11.1. The Morgan fingerprint density at radius 2 is 2.18 bits per heavy atom. The molecule has 0 aromatic heterocycles. The zero-order valence-electron chi connectivity index (χ0n) is 7.03. The molecule has 0 saturated carbocycles. The van der Waals surface area contributed by atoms with Crippen LogP contribution in [0.25, 0.3) is 0 Å². The largest absolute Gasteiger partial charge is 0.425 e. The molecule has 1 atom stereocenters. The van der Waals surface area contributed by atoms with Gasteiger partial charge in [0.05, 0.1) is 18.6 Å². The fraction of sp³-hybridized carbons (Fsp3) is 0.750. The molecule has 0 fully saturated rings. The molecular formula is C8H17O2P. The molecule has 0 aromatic rings. The third-order valence-corrected chi connectivity index (χ3v) is 3.50. The highest BCUT2D eigenvalue weighted by Gasteiger charge is 1.96. The number of hydrogen-bond acceptors (Lipinski definition) is 2. The van der Waals surface area contributed by atoms with Gasteiger partial charge < -0.3 is 10.2 Å². The Labute approximate surface area is 69.6 Å². The van der Waals surface area contributed by atoms with Gasteiger partial charge in [0.25, 0.3) is 0 Å². The summed E-state index contributed by atoms with van der Waals surface area (Å²) in [5, 5.41) is 17.2. The van der Waals surface area contributed by atoms with Gasteiger partial charge in [0, 0.05) is 0 Å². The van der Waals surface area contributed by atoms with Crippen molar-refractivity contribution in [2.45, 2.75) is 19.8 Å². The van der Waals surface area contributed by atoms with Gasteiger partial charge in [0.1, 0.15) is 0 Å². The van der Waals surface area contributed by atoms with Crippen LogP contribution in [-0.4, -0.2) is 35.4 Å². The van der Waals surface area contributed by atoms with Crippen LogP contribution in [0.4, 0.5) is 0 Å². The van der Waals surface area contributed by atoms with Crippen molar-refractivity contribution in [2.75, 3.05) is 19.4 Å². The zero-order valence-corrected chi connectivity index (χ0v) is 7.93. The van der Waals surface area contributed by atoms with E-state index in [-0.39, 0.29) is 20.8 Å². The van der Waals surface area contributed by atoms with Gasteiger partial charge in [-0.2, -0.15) is 0 Å². The third-order valence-electron chi connectivity index (χ3n) is 1.40. The molecule has 0 saturated heterocycles. The SMILES string of the molecule is CCCC/[P+](=C\CO)[CH-]CO. The Morgan fingerprint density at radius 1 is 1.45 bits per heavy atom. The molecule has 0 rings (SSSR count). The Balaban J connectivity index is 3.60. The van der Waals surface area contributed by atoms with Gasteiger partial charge in [-0.05, 0) is 13.0 Å². The van der Waals surface area contributed by atoms with E-state index in [4.69, 9.17) is 10.2 Å². The lowest BCUT2D eigenvalue weighted by atomic mass is 10.4. The molecule has 3 heteroatoms. The minimum Gasteiger partial charge on any atom is -0.425 e. The van der Waals surface area contributed by atoms with E-state index in [1.165, 1.54) is 12.8 Å². The fourth-order valence-electron chi connectivity index (χ4n) is 0.808. The molecular weight excluding hydrogens is 159 g/mol. The topological polar surface area (TPSA) is 40.5 Å². The van der Waals surface area contributed by atoms with Crippen LogP contribution < -0.4 is 0 Å². The van der Waals surface area contributed by atoms with Crippen molar-refractivity contribution in [3.05, 3.63) is 6.16 Å². The van der Waals surface area contributed by atoms with Crippen LogP contribution in [0.15, 0.2) is 0 Å². The molecule has 0 aliphatic carbocycles. The Hall–Kier alpha value is 0.0900. The molecule has 0 aliphatic rings. The Kier molecular flexibility index (Phi) is 8.26. The van der Waals surface area contributed by atoms with E-state index in [1.54, 1.807) is 0 Å². The van der Waals surface area contributed by atoms with Crippen LogP contribution in [0.3, 0.4) is 0 Å². The highest BCUT2D eigenvalue weighted by atomic mass is 31.1. The number of unbranched alkanes of at least 4 members (excludes halogenated alkanes) is 1. The molecule has 0 aliphatic heterocycles. The van der Waals surface area contributed by atoms with Gasteiger partial charge in [-0.25, -0.2) is 0 Å². The summed E-state index contributed by atoms with van der Waals surface area (Å²) in [6.45, 7) is 2.41. The smallest absolute Gasteiger partial charge is 0.0973 e. The maximum Gasteiger partial charge on any atom is 0.0973 e. The minimum absolute atomic E-state index is 0.131. The van der Waals surface area contributed by atoms with Crippen LogP contribution in [0.2, 0.25) is 0 Å². The quantitative estimate of drug-likeness (QED) is 0.472. The minimum atomic E-state index is -0.317. The van der Waals surface area contributed by atoms with Crippen LogP contribution in [0.1, 0.15) is 19.8 Å². The molecule has 66 valence electrons. The molecule has 11 heavy (non-hydrogen) atoms. The number of hydrogen-bond donors (Lipinski definition) is 2. The summed E-state index contributed by atoms with van der Waals surface area (Å²) in [7, 11) is -0.317. The summed E-state index contributed by atoms with van der Waals surface area (Å²) >= 11 is 0. The first-order valence-corrected chi connectivity index (χ1v) is 5.65. The highest BCUT2D eigenvalue weighted by molar-refractivity contribution is 7.59. The standard InChI is InChI=1S/C8H17O2P/c1-2-3-6-11(7-4-9)8-5-10/h7-10H,2-6H2,1H3. The molecule has 2 nitrogen and oxygen atoms in total. The highest BCUT2D eigenvalue weighted by Crippen LogP contribution is 2.26. The van der Waals surface area contributed by atoms with Crippen LogP contribution >= 0.6 is 7.55 Å². The third kappa shape index (κ3) is 6.49. The van der Waals surface area contributed by atoms with E-state index >= 15 is 0 Å². The van der Waals surface area contributed by atoms with E-state index < -0.39 is 0 Å². The molecule has 0 bridgehead atoms. The van der Waals surface area contributed by atoms with E-state index in [9.17, 15) is 0 Å². The Morgan fingerprint density at radius 3 is 2.64 bits per heavy atom. The van der Waals surface area contributed by atoms with E-state index in [0.717, 1.165) is 6.16 Å². The number of aliphatic hydroxyl groups is 2. The summed E-state index contributed by atoms with van der Waals surface area (Å²) in [5.41, 5.74) is 0. The second kappa shape index (κ2) is 8.19. The van der Waals surface area contributed by atoms with E-state index in [2.05, 4.69) is 6.92 Å². The maximum atomic E-state index is 8.62. The Bertz CT molecular complexity index is 113. The first-order chi connectivity index (χ1) is 5.35. The molecule has 0 amide bonds. The van der Waals surface area contributed by atoms with Crippen molar-refractivity contribution in [1.29, 1.82) is 0 Å². The van der Waals surface area contributed by atoms with Crippen molar-refractivity contribution in [1.82, 2.24) is 0 Å². The van der Waals surface area contributed by atoms with E-state index in [0.29, 0.717) is 0 Å². The fourth-order valence-corrected chi connectivity index (χ4v) is 2.42. The normalized spacial score (nSPS) is 12.1. The first-order valence-electron chi connectivity index (χ1n) is 3.99. The molecule has 1 unspecified atom stereocenters. The number of rotatable bonds is 6. The molecule has 0 aromatic carbocycles. The summed E-state index contributed by atoms with van der Waals surface area (Å²) in [6.07, 6.45) is 5.35. The monoisotopic (exact) mass is 176 g/mol.